The number of pyridine rings is 1. The van der Waals surface area contributed by atoms with Crippen LogP contribution in [0.3, 0.4) is 0 Å². The van der Waals surface area contributed by atoms with E-state index in [1.165, 1.54) is 23.6 Å². The third-order valence-electron chi connectivity index (χ3n) is 5.15. The van der Waals surface area contributed by atoms with E-state index >= 15 is 0 Å². The molecule has 2 aromatic rings. The molecule has 0 N–H and O–H groups in total. The fourth-order valence-corrected chi connectivity index (χ4v) is 3.89. The molecule has 3 rings (SSSR count). The zero-order valence-electron chi connectivity index (χ0n) is 16.3. The van der Waals surface area contributed by atoms with E-state index in [4.69, 9.17) is 12.6 Å². The van der Waals surface area contributed by atoms with Gasteiger partial charge in [0.05, 0.1) is 11.5 Å². The van der Waals surface area contributed by atoms with E-state index in [1.807, 2.05) is 18.5 Å². The maximum absolute atomic E-state index is 13.4. The number of hydrogen-bond donors (Lipinski definition) is 0. The lowest BCUT2D eigenvalue weighted by Crippen LogP contribution is -2.48. The Morgan fingerprint density at radius 3 is 2.76 bits per heavy atom. The molecule has 0 saturated heterocycles. The molecule has 1 aliphatic carbocycles. The van der Waals surface area contributed by atoms with Gasteiger partial charge in [0, 0.05) is 28.8 Å². The highest BCUT2D eigenvalue weighted by molar-refractivity contribution is 7.77. The molecule has 150 valence electrons. The zero-order valence-corrected chi connectivity index (χ0v) is 17.2. The predicted octanol–water partition coefficient (Wildman–Crippen LogP) is 3.62. The molecule has 1 aliphatic rings. The van der Waals surface area contributed by atoms with Crippen molar-refractivity contribution in [3.63, 3.8) is 0 Å². The first-order valence-electron chi connectivity index (χ1n) is 9.56. The van der Waals surface area contributed by atoms with E-state index in [0.29, 0.717) is 12.1 Å². The van der Waals surface area contributed by atoms with Crippen LogP contribution < -0.4 is 4.57 Å². The van der Waals surface area contributed by atoms with Crippen LogP contribution in [0, 0.1) is 17.0 Å². The van der Waals surface area contributed by atoms with Gasteiger partial charge in [0.15, 0.2) is 12.4 Å². The van der Waals surface area contributed by atoms with Crippen LogP contribution in [0.25, 0.3) is 0 Å². The number of aromatic nitrogens is 1. The first-order valence-corrected chi connectivity index (χ1v) is 9.97. The van der Waals surface area contributed by atoms with Crippen molar-refractivity contribution in [1.82, 2.24) is 0 Å². The van der Waals surface area contributed by atoms with Crippen molar-refractivity contribution in [3.05, 3.63) is 81.7 Å². The number of Topliss-reactive ketones (excluding diaryl/α,β-unsaturated/α-hetero) is 1. The molecule has 0 spiro atoms. The first kappa shape index (κ1) is 20.8. The summed E-state index contributed by atoms with van der Waals surface area (Å²) in [6.45, 7) is 5.60. The minimum atomic E-state index is -0.834. The Kier molecular flexibility index (Phi) is 6.49. The van der Waals surface area contributed by atoms with E-state index < -0.39 is 11.0 Å². The van der Waals surface area contributed by atoms with Crippen LogP contribution in [-0.2, 0) is 25.5 Å². The van der Waals surface area contributed by atoms with Gasteiger partial charge in [-0.25, -0.2) is 0 Å². The highest BCUT2D eigenvalue weighted by Crippen LogP contribution is 2.23. The Balaban J connectivity index is 2.06. The first-order chi connectivity index (χ1) is 13.9. The van der Waals surface area contributed by atoms with Crippen molar-refractivity contribution in [1.29, 1.82) is 0 Å². The number of fused-ring (bicyclic) bond motifs is 1. The van der Waals surface area contributed by atoms with Crippen molar-refractivity contribution in [2.75, 3.05) is 6.54 Å². The summed E-state index contributed by atoms with van der Waals surface area (Å²) >= 11 is 5.47. The zero-order chi connectivity index (χ0) is 21.0. The molecule has 29 heavy (non-hydrogen) atoms. The lowest BCUT2D eigenvalue weighted by molar-refractivity contribution is -0.692. The largest absolute Gasteiger partial charge is 0.758 e. The van der Waals surface area contributed by atoms with Crippen molar-refractivity contribution >= 4 is 29.1 Å². The van der Waals surface area contributed by atoms with Crippen molar-refractivity contribution < 1.29 is 14.3 Å². The third kappa shape index (κ3) is 4.56. The monoisotopic (exact) mass is 409 g/mol. The number of aryl methyl sites for hydroxylation is 3. The van der Waals surface area contributed by atoms with Crippen LogP contribution in [0.1, 0.15) is 45.9 Å². The standard InChI is InChI=1S/C22H23N3O3S/c1-3-11-23-22(29)20(24-12-10-16-6-4-5-7-18(16)14-24)21(26)17-9-8-15(2)19(13-17)25(27)28/h3,8-10,12-14,20H,1,4-7,11H2,2H3/t20-/m0/s1. The molecule has 0 bridgehead atoms. The molecule has 1 aromatic heterocycles. The van der Waals surface area contributed by atoms with Crippen molar-refractivity contribution in [3.8, 4) is 0 Å². The SMILES string of the molecule is C=CCN=C([S-])[C@H](C(=O)c1ccc(C)c([N+](=O)[O-])c1)[n+]1ccc2c(c1)CCCC2. The van der Waals surface area contributed by atoms with E-state index in [-0.39, 0.29) is 22.1 Å². The van der Waals surface area contributed by atoms with E-state index in [9.17, 15) is 14.9 Å². The van der Waals surface area contributed by atoms with Gasteiger partial charge in [0.1, 0.15) is 0 Å². The average molecular weight is 410 g/mol. The van der Waals surface area contributed by atoms with Gasteiger partial charge >= 0.3 is 0 Å². The second kappa shape index (κ2) is 9.05. The summed E-state index contributed by atoms with van der Waals surface area (Å²) in [4.78, 5) is 28.5. The Morgan fingerprint density at radius 2 is 2.07 bits per heavy atom. The molecule has 1 aromatic carbocycles. The van der Waals surface area contributed by atoms with Crippen LogP contribution in [0.4, 0.5) is 5.69 Å². The van der Waals surface area contributed by atoms with Gasteiger partial charge in [0.25, 0.3) is 5.69 Å². The van der Waals surface area contributed by atoms with Crippen molar-refractivity contribution in [2.45, 2.75) is 38.6 Å². The number of aliphatic imine (C=N–C) groups is 1. The van der Waals surface area contributed by atoms with Gasteiger partial charge in [-0.1, -0.05) is 18.2 Å². The molecular weight excluding hydrogens is 386 g/mol. The minimum Gasteiger partial charge on any atom is -0.758 e. The molecule has 0 fully saturated rings. The summed E-state index contributed by atoms with van der Waals surface area (Å²) < 4.78 is 1.78. The molecule has 7 heteroatoms. The minimum absolute atomic E-state index is 0.0843. The highest BCUT2D eigenvalue weighted by atomic mass is 32.1. The molecule has 1 atom stereocenters. The van der Waals surface area contributed by atoms with Gasteiger partial charge in [-0.2, -0.15) is 4.57 Å². The van der Waals surface area contributed by atoms with Crippen LogP contribution in [-0.4, -0.2) is 22.3 Å². The molecule has 1 heterocycles. The normalized spacial score (nSPS) is 14.7. The number of hydrogen-bond acceptors (Lipinski definition) is 5. The van der Waals surface area contributed by atoms with Crippen LogP contribution in [0.5, 0.6) is 0 Å². The fraction of sp³-hybridized carbons (Fsp3) is 0.318. The van der Waals surface area contributed by atoms with Gasteiger partial charge < -0.3 is 17.6 Å². The number of ketones is 1. The van der Waals surface area contributed by atoms with E-state index in [1.54, 1.807) is 29.7 Å². The van der Waals surface area contributed by atoms with Crippen LogP contribution in [0.15, 0.2) is 54.3 Å². The number of benzene rings is 1. The van der Waals surface area contributed by atoms with Crippen LogP contribution >= 0.6 is 0 Å². The lowest BCUT2D eigenvalue weighted by Gasteiger charge is -2.21. The summed E-state index contributed by atoms with van der Waals surface area (Å²) in [5.41, 5.74) is 3.16. The number of carbonyl (C=O) groups is 1. The summed E-state index contributed by atoms with van der Waals surface area (Å²) in [6, 6.07) is 5.71. The second-order valence-corrected chi connectivity index (χ2v) is 7.56. The number of nitro groups is 1. The Morgan fingerprint density at radius 1 is 1.34 bits per heavy atom. The van der Waals surface area contributed by atoms with Gasteiger partial charge in [-0.15, -0.1) is 6.58 Å². The fourth-order valence-electron chi connectivity index (χ4n) is 3.58. The molecular formula is C22H23N3O3S. The molecule has 6 nitrogen and oxygen atoms in total. The maximum atomic E-state index is 13.4. The van der Waals surface area contributed by atoms with Gasteiger partial charge in [-0.05, 0) is 43.2 Å². The molecule has 0 aliphatic heterocycles. The predicted molar refractivity (Wildman–Crippen MR) is 114 cm³/mol. The average Bonchev–Trinajstić information content (AvgIpc) is 2.72. The molecule has 0 amide bonds. The smallest absolute Gasteiger partial charge is 0.273 e. The van der Waals surface area contributed by atoms with Gasteiger partial charge in [0.2, 0.25) is 11.8 Å². The molecule has 0 saturated carbocycles. The Hall–Kier alpha value is -2.93. The number of carbonyl (C=O) groups excluding carboxylic acids is 1. The highest BCUT2D eigenvalue weighted by Gasteiger charge is 2.30. The second-order valence-electron chi connectivity index (χ2n) is 7.14. The van der Waals surface area contributed by atoms with Crippen molar-refractivity contribution in [2.24, 2.45) is 4.99 Å². The number of nitrogens with zero attached hydrogens (tertiary/aromatic N) is 3. The summed E-state index contributed by atoms with van der Waals surface area (Å²) in [6.07, 6.45) is 9.71. The Bertz CT molecular complexity index is 1000. The Labute approximate surface area is 175 Å². The topological polar surface area (TPSA) is 76.4 Å². The molecule has 0 unspecified atom stereocenters. The third-order valence-corrected chi connectivity index (χ3v) is 5.51. The molecule has 0 radical (unpaired) electrons. The number of nitro benzene ring substituents is 1. The summed E-state index contributed by atoms with van der Waals surface area (Å²) in [5, 5.41) is 11.5. The summed E-state index contributed by atoms with van der Waals surface area (Å²) in [7, 11) is 0. The maximum Gasteiger partial charge on any atom is 0.273 e. The number of rotatable bonds is 7. The summed E-state index contributed by atoms with van der Waals surface area (Å²) in [5.74, 6) is -0.313. The van der Waals surface area contributed by atoms with Crippen LogP contribution in [0.2, 0.25) is 0 Å². The van der Waals surface area contributed by atoms with E-state index in [0.717, 1.165) is 19.3 Å². The lowest BCUT2D eigenvalue weighted by atomic mass is 9.93. The van der Waals surface area contributed by atoms with Gasteiger partial charge in [-0.3, -0.25) is 14.9 Å². The van der Waals surface area contributed by atoms with E-state index in [2.05, 4.69) is 11.6 Å². The quantitative estimate of drug-likeness (QED) is 0.102.